The van der Waals surface area contributed by atoms with E-state index in [0.29, 0.717) is 6.54 Å². The Morgan fingerprint density at radius 2 is 2.12 bits per heavy atom. The van der Waals surface area contributed by atoms with Crippen LogP contribution in [0.5, 0.6) is 0 Å². The van der Waals surface area contributed by atoms with Gasteiger partial charge >= 0.3 is 0 Å². The van der Waals surface area contributed by atoms with Gasteiger partial charge in [0.25, 0.3) is 15.9 Å². The first-order valence-corrected chi connectivity index (χ1v) is 7.11. The fraction of sp³-hybridized carbons (Fsp3) is 0.900. The van der Waals surface area contributed by atoms with E-state index in [1.807, 2.05) is 0 Å². The maximum absolute atomic E-state index is 11.8. The lowest BCUT2D eigenvalue weighted by molar-refractivity contribution is -0.132. The van der Waals surface area contributed by atoms with Gasteiger partial charge in [-0.3, -0.25) is 4.79 Å². The zero-order valence-corrected chi connectivity index (χ0v) is 10.5. The molecule has 2 aliphatic heterocycles. The molecule has 0 aliphatic carbocycles. The zero-order valence-electron chi connectivity index (χ0n) is 9.69. The first kappa shape index (κ1) is 11.9. The highest BCUT2D eigenvalue weighted by Gasteiger charge is 2.60. The molecule has 2 rings (SSSR count). The Labute approximate surface area is 96.2 Å². The molecule has 0 aromatic heterocycles. The summed E-state index contributed by atoms with van der Waals surface area (Å²) in [6.45, 7) is 4.14. The van der Waals surface area contributed by atoms with Crippen LogP contribution in [0.4, 0.5) is 0 Å². The average Bonchev–Trinajstić information content (AvgIpc) is 2.26. The zero-order chi connectivity index (χ0) is 12.0. The Kier molecular flexibility index (Phi) is 2.74. The van der Waals surface area contributed by atoms with Gasteiger partial charge in [-0.05, 0) is 33.2 Å². The maximum Gasteiger partial charge on any atom is 0.258 e. The molecule has 1 N–H and O–H groups in total. The minimum Gasteiger partial charge on any atom is -0.312 e. The molecule has 1 unspecified atom stereocenters. The summed E-state index contributed by atoms with van der Waals surface area (Å²) >= 11 is 0. The molecule has 2 saturated heterocycles. The molecule has 1 amide bonds. The molecule has 5 nitrogen and oxygen atoms in total. The Morgan fingerprint density at radius 3 is 2.62 bits per heavy atom. The minimum absolute atomic E-state index is 0.128. The van der Waals surface area contributed by atoms with E-state index in [4.69, 9.17) is 0 Å². The van der Waals surface area contributed by atoms with E-state index in [-0.39, 0.29) is 11.9 Å². The van der Waals surface area contributed by atoms with Crippen LogP contribution in [0.25, 0.3) is 0 Å². The smallest absolute Gasteiger partial charge is 0.258 e. The van der Waals surface area contributed by atoms with Crippen LogP contribution in [0, 0.1) is 0 Å². The highest BCUT2D eigenvalue weighted by molar-refractivity contribution is 7.94. The highest BCUT2D eigenvalue weighted by atomic mass is 32.2. The average molecular weight is 246 g/mol. The largest absolute Gasteiger partial charge is 0.312 e. The number of piperidine rings is 1. The van der Waals surface area contributed by atoms with Crippen LogP contribution in [-0.4, -0.2) is 42.5 Å². The van der Waals surface area contributed by atoms with Gasteiger partial charge in [0, 0.05) is 6.04 Å². The topological polar surface area (TPSA) is 66.5 Å². The highest BCUT2D eigenvalue weighted by Crippen LogP contribution is 2.35. The van der Waals surface area contributed by atoms with Gasteiger partial charge in [0.15, 0.2) is 4.75 Å². The van der Waals surface area contributed by atoms with Crippen molar-refractivity contribution < 1.29 is 13.2 Å². The van der Waals surface area contributed by atoms with E-state index < -0.39 is 14.8 Å². The van der Waals surface area contributed by atoms with Crippen molar-refractivity contribution in [1.29, 1.82) is 0 Å². The van der Waals surface area contributed by atoms with Crippen molar-refractivity contribution in [3.63, 3.8) is 0 Å². The molecule has 0 bridgehead atoms. The fourth-order valence-corrected chi connectivity index (χ4v) is 3.79. The van der Waals surface area contributed by atoms with E-state index in [1.54, 1.807) is 0 Å². The van der Waals surface area contributed by atoms with E-state index in [1.165, 1.54) is 13.8 Å². The second kappa shape index (κ2) is 3.70. The van der Waals surface area contributed by atoms with Crippen molar-refractivity contribution in [3.8, 4) is 0 Å². The van der Waals surface area contributed by atoms with Gasteiger partial charge in [0.1, 0.15) is 0 Å². The number of nitrogens with one attached hydrogen (secondary N) is 1. The molecule has 2 fully saturated rings. The van der Waals surface area contributed by atoms with Crippen LogP contribution in [0.15, 0.2) is 0 Å². The number of hydrogen-bond donors (Lipinski definition) is 1. The molecular formula is C10H18N2O3S. The van der Waals surface area contributed by atoms with Crippen molar-refractivity contribution in [2.45, 2.75) is 43.9 Å². The number of carbonyl (C=O) groups excluding carboxylic acids is 1. The summed E-state index contributed by atoms with van der Waals surface area (Å²) in [7, 11) is -3.41. The van der Waals surface area contributed by atoms with Gasteiger partial charge in [0.2, 0.25) is 0 Å². The van der Waals surface area contributed by atoms with Gasteiger partial charge in [0.05, 0.1) is 6.54 Å². The minimum atomic E-state index is -3.41. The first-order valence-electron chi connectivity index (χ1n) is 5.67. The second-order valence-corrected chi connectivity index (χ2v) is 7.41. The van der Waals surface area contributed by atoms with Gasteiger partial charge in [-0.1, -0.05) is 6.42 Å². The Balaban J connectivity index is 2.04. The molecule has 0 spiro atoms. The molecule has 1 atom stereocenters. The van der Waals surface area contributed by atoms with Gasteiger partial charge in [-0.15, -0.1) is 0 Å². The van der Waals surface area contributed by atoms with E-state index in [9.17, 15) is 13.2 Å². The van der Waals surface area contributed by atoms with Crippen LogP contribution < -0.4 is 5.32 Å². The van der Waals surface area contributed by atoms with E-state index >= 15 is 0 Å². The van der Waals surface area contributed by atoms with Crippen molar-refractivity contribution in [3.05, 3.63) is 0 Å². The SMILES string of the molecule is CC1(C)C(=O)N(CC2CCCCN2)S1(=O)=O. The summed E-state index contributed by atoms with van der Waals surface area (Å²) in [6.07, 6.45) is 3.17. The Bertz CT molecular complexity index is 396. The Hall–Kier alpha value is -0.620. The summed E-state index contributed by atoms with van der Waals surface area (Å²) < 4.78 is 23.5. The molecule has 0 aromatic carbocycles. The van der Waals surface area contributed by atoms with Gasteiger partial charge < -0.3 is 5.32 Å². The van der Waals surface area contributed by atoms with Crippen LogP contribution >= 0.6 is 0 Å². The first-order chi connectivity index (χ1) is 7.37. The van der Waals surface area contributed by atoms with Crippen molar-refractivity contribution in [2.75, 3.05) is 13.1 Å². The summed E-state index contributed by atoms with van der Waals surface area (Å²) in [5.74, 6) is -0.278. The third-order valence-corrected chi connectivity index (χ3v) is 5.83. The molecule has 16 heavy (non-hydrogen) atoms. The summed E-state index contributed by atoms with van der Waals surface area (Å²) in [4.78, 5) is 11.7. The molecule has 92 valence electrons. The number of amides is 1. The summed E-state index contributed by atoms with van der Waals surface area (Å²) in [6, 6.07) is 0.128. The quantitative estimate of drug-likeness (QED) is 0.749. The lowest BCUT2D eigenvalue weighted by Crippen LogP contribution is -2.69. The molecule has 6 heteroatoms. The lowest BCUT2D eigenvalue weighted by Gasteiger charge is -2.44. The Morgan fingerprint density at radius 1 is 1.44 bits per heavy atom. The molecule has 0 radical (unpaired) electrons. The molecule has 2 aliphatic rings. The lowest BCUT2D eigenvalue weighted by atomic mass is 10.0. The van der Waals surface area contributed by atoms with E-state index in [0.717, 1.165) is 30.1 Å². The molecule has 0 saturated carbocycles. The second-order valence-electron chi connectivity index (χ2n) is 5.00. The van der Waals surface area contributed by atoms with Crippen LogP contribution in [0.3, 0.4) is 0 Å². The van der Waals surface area contributed by atoms with Crippen molar-refractivity contribution in [1.82, 2.24) is 9.62 Å². The maximum atomic E-state index is 11.8. The number of sulfonamides is 1. The monoisotopic (exact) mass is 246 g/mol. The third-order valence-electron chi connectivity index (χ3n) is 3.48. The van der Waals surface area contributed by atoms with Crippen molar-refractivity contribution in [2.24, 2.45) is 0 Å². The molecule has 2 heterocycles. The fourth-order valence-electron chi connectivity index (χ4n) is 2.22. The van der Waals surface area contributed by atoms with Gasteiger partial charge in [-0.25, -0.2) is 12.7 Å². The number of carbonyl (C=O) groups is 1. The predicted octanol–water partition coefficient (Wildman–Crippen LogP) is 0.0791. The predicted molar refractivity (Wildman–Crippen MR) is 60.4 cm³/mol. The molecule has 0 aromatic rings. The van der Waals surface area contributed by atoms with Crippen LogP contribution in [0.2, 0.25) is 0 Å². The number of nitrogens with zero attached hydrogens (tertiary/aromatic N) is 1. The summed E-state index contributed by atoms with van der Waals surface area (Å²) in [5.41, 5.74) is 0. The number of rotatable bonds is 2. The normalized spacial score (nSPS) is 32.2. The molecular weight excluding hydrogens is 228 g/mol. The van der Waals surface area contributed by atoms with Crippen LogP contribution in [0.1, 0.15) is 33.1 Å². The van der Waals surface area contributed by atoms with E-state index in [2.05, 4.69) is 5.32 Å². The number of hydrogen-bond acceptors (Lipinski definition) is 4. The van der Waals surface area contributed by atoms with Crippen molar-refractivity contribution >= 4 is 15.9 Å². The summed E-state index contributed by atoms with van der Waals surface area (Å²) in [5, 5.41) is 3.25. The van der Waals surface area contributed by atoms with Gasteiger partial charge in [-0.2, -0.15) is 0 Å². The van der Waals surface area contributed by atoms with Crippen LogP contribution in [-0.2, 0) is 14.8 Å². The standard InChI is InChI=1S/C10H18N2O3S/c1-10(2)9(13)12(16(10,14)15)7-8-5-3-4-6-11-8/h8,11H,3-7H2,1-2H3. The third kappa shape index (κ3) is 1.55.